The molecule has 0 aliphatic carbocycles. The topological polar surface area (TPSA) is 132 Å². The van der Waals surface area contributed by atoms with Gasteiger partial charge in [-0.05, 0) is 0 Å². The van der Waals surface area contributed by atoms with Crippen molar-refractivity contribution >= 4 is 43.3 Å². The fourth-order valence-electron chi connectivity index (χ4n) is 3.59. The van der Waals surface area contributed by atoms with Gasteiger partial charge in [-0.25, -0.2) is 0 Å². The van der Waals surface area contributed by atoms with Crippen molar-refractivity contribution in [2.75, 3.05) is 33.9 Å². The van der Waals surface area contributed by atoms with Crippen molar-refractivity contribution < 1.29 is 38.1 Å². The van der Waals surface area contributed by atoms with Gasteiger partial charge in [0.25, 0.3) is 0 Å². The molecule has 12 heteroatoms. The summed E-state index contributed by atoms with van der Waals surface area (Å²) in [6, 6.07) is 13.8. The number of esters is 1. The van der Waals surface area contributed by atoms with E-state index in [1.54, 1.807) is 45.9 Å². The molecule has 11 nitrogen and oxygen atoms in total. The molecule has 2 aromatic rings. The number of hydrogen-bond acceptors (Lipinski definition) is 8. The van der Waals surface area contributed by atoms with E-state index in [0.29, 0.717) is 22.4 Å². The molecule has 1 atom stereocenters. The number of rotatable bonds is 14. The molecule has 3 amide bonds. The molecule has 0 radical (unpaired) electrons. The van der Waals surface area contributed by atoms with E-state index >= 15 is 0 Å². The van der Waals surface area contributed by atoms with Crippen LogP contribution in [0.2, 0.25) is 5.32 Å². The Morgan fingerprint density at radius 2 is 1.66 bits per heavy atom. The van der Waals surface area contributed by atoms with Crippen molar-refractivity contribution in [3.05, 3.63) is 54.1 Å². The molecule has 224 valence electrons. The van der Waals surface area contributed by atoms with E-state index in [-0.39, 0.29) is 34.7 Å². The van der Waals surface area contributed by atoms with Gasteiger partial charge in [0.05, 0.1) is 0 Å². The van der Waals surface area contributed by atoms with Crippen molar-refractivity contribution in [1.29, 1.82) is 0 Å². The van der Waals surface area contributed by atoms with Gasteiger partial charge >= 0.3 is 248 Å². The van der Waals surface area contributed by atoms with Gasteiger partial charge in [0.2, 0.25) is 0 Å². The Morgan fingerprint density at radius 3 is 2.27 bits per heavy atom. The van der Waals surface area contributed by atoms with E-state index in [1.165, 1.54) is 19.1 Å². The summed E-state index contributed by atoms with van der Waals surface area (Å²) in [6.45, 7) is 6.23. The predicted octanol–water partition coefficient (Wildman–Crippen LogP) is 2.05. The number of alkyl carbamates (subject to hydrolysis) is 1. The zero-order valence-electron chi connectivity index (χ0n) is 24.4. The van der Waals surface area contributed by atoms with Gasteiger partial charge in [-0.1, -0.05) is 0 Å². The molecule has 0 unspecified atom stereocenters. The Bertz CT molecular complexity index is 1170. The third-order valence-electron chi connectivity index (χ3n) is 5.48. The molecule has 0 aliphatic heterocycles. The molecule has 0 spiro atoms. The normalized spacial score (nSPS) is 11.6. The number of hydrogen-bond donors (Lipinski definition) is 2. The molecule has 0 heterocycles. The summed E-state index contributed by atoms with van der Waals surface area (Å²) < 4.78 is 22.1. The first-order valence-corrected chi connectivity index (χ1v) is 15.1. The average molecular weight is 637 g/mol. The van der Waals surface area contributed by atoms with Crippen LogP contribution >= 0.6 is 0 Å². The van der Waals surface area contributed by atoms with E-state index in [4.69, 9.17) is 18.9 Å². The van der Waals surface area contributed by atoms with Gasteiger partial charge in [0.15, 0.2) is 0 Å². The molecule has 2 rings (SSSR count). The minimum absolute atomic E-state index is 0.00956. The summed E-state index contributed by atoms with van der Waals surface area (Å²) in [6.07, 6.45) is -0.760. The zero-order chi connectivity index (χ0) is 30.4. The zero-order valence-corrected chi connectivity index (χ0v) is 26.1. The first kappa shape index (κ1) is 33.4. The van der Waals surface area contributed by atoms with Gasteiger partial charge in [0, 0.05) is 0 Å². The minimum atomic E-state index is -0.968. The standard InChI is InChI=1S/C29H39N3O8Se/c1-7-39-26(34)17-30-27(35)23(19-41-22-11-9-8-10-12-22)32(25(33)16-31-28(36)40-29(2,3)4)18-20-13-14-21(37-5)15-24(20)38-6/h8-15,23H,7,16-19H2,1-6H3,(H,30,35)(H,31,36)/t23-/m0/s1. The molecule has 2 aromatic carbocycles. The van der Waals surface area contributed by atoms with Gasteiger partial charge < -0.3 is 0 Å². The van der Waals surface area contributed by atoms with Crippen LogP contribution in [0.15, 0.2) is 48.5 Å². The Kier molecular flexibility index (Phi) is 13.5. The quantitative estimate of drug-likeness (QED) is 0.238. The van der Waals surface area contributed by atoms with Crippen molar-refractivity contribution in [2.24, 2.45) is 0 Å². The first-order valence-electron chi connectivity index (χ1n) is 13.1. The molecule has 0 saturated carbocycles. The average Bonchev–Trinajstić information content (AvgIpc) is 2.94. The van der Waals surface area contributed by atoms with Crippen LogP contribution in [0.1, 0.15) is 33.3 Å². The van der Waals surface area contributed by atoms with Gasteiger partial charge in [-0.15, -0.1) is 0 Å². The second-order valence-electron chi connectivity index (χ2n) is 9.72. The number of benzene rings is 2. The fraction of sp³-hybridized carbons (Fsp3) is 0.448. The van der Waals surface area contributed by atoms with Crippen LogP contribution in [0.25, 0.3) is 0 Å². The van der Waals surface area contributed by atoms with Crippen LogP contribution in [0.3, 0.4) is 0 Å². The SMILES string of the molecule is CCOC(=O)CNC(=O)[C@H](C[Se]c1ccccc1)N(Cc1ccc(OC)cc1OC)C(=O)CNC(=O)OC(C)(C)C. The van der Waals surface area contributed by atoms with Crippen molar-refractivity contribution in [3.8, 4) is 11.5 Å². The van der Waals surface area contributed by atoms with Crippen molar-refractivity contribution in [1.82, 2.24) is 15.5 Å². The summed E-state index contributed by atoms with van der Waals surface area (Å²) in [7, 11) is 3.03. The van der Waals surface area contributed by atoms with E-state index in [9.17, 15) is 19.2 Å². The van der Waals surface area contributed by atoms with Crippen LogP contribution in [0.5, 0.6) is 11.5 Å². The number of nitrogens with zero attached hydrogens (tertiary/aromatic N) is 1. The Hall–Kier alpha value is -3.76. The third-order valence-corrected chi connectivity index (χ3v) is 7.76. The summed E-state index contributed by atoms with van der Waals surface area (Å²) in [4.78, 5) is 52.8. The second kappa shape index (κ2) is 16.5. The molecule has 0 saturated heterocycles. The van der Waals surface area contributed by atoms with Crippen LogP contribution in [-0.2, 0) is 30.4 Å². The number of nitrogens with one attached hydrogen (secondary N) is 2. The molecule has 0 fully saturated rings. The fourth-order valence-corrected chi connectivity index (χ4v) is 5.75. The molecule has 41 heavy (non-hydrogen) atoms. The van der Waals surface area contributed by atoms with Crippen LogP contribution < -0.4 is 24.6 Å². The van der Waals surface area contributed by atoms with Gasteiger partial charge in [-0.3, -0.25) is 0 Å². The maximum absolute atomic E-state index is 13.7. The van der Waals surface area contributed by atoms with Crippen LogP contribution in [-0.4, -0.2) is 89.3 Å². The summed E-state index contributed by atoms with van der Waals surface area (Å²) in [5.41, 5.74) is -0.133. The van der Waals surface area contributed by atoms with E-state index < -0.39 is 42.1 Å². The van der Waals surface area contributed by atoms with Gasteiger partial charge in [0.1, 0.15) is 0 Å². The number of amides is 3. The summed E-state index contributed by atoms with van der Waals surface area (Å²) in [5, 5.41) is 5.40. The molecule has 0 aliphatic rings. The Balaban J connectivity index is 2.41. The van der Waals surface area contributed by atoms with Gasteiger partial charge in [-0.2, -0.15) is 0 Å². The van der Waals surface area contributed by atoms with E-state index in [1.807, 2.05) is 30.3 Å². The third kappa shape index (κ3) is 11.7. The van der Waals surface area contributed by atoms with E-state index in [0.717, 1.165) is 4.46 Å². The molecular weight excluding hydrogens is 597 g/mol. The summed E-state index contributed by atoms with van der Waals surface area (Å²) >= 11 is -0.200. The number of carbonyl (C=O) groups excluding carboxylic acids is 4. The Morgan fingerprint density at radius 1 is 0.951 bits per heavy atom. The summed E-state index contributed by atoms with van der Waals surface area (Å²) in [5.74, 6) is -0.606. The predicted molar refractivity (Wildman–Crippen MR) is 154 cm³/mol. The molecular formula is C29H39N3O8Se. The molecule has 2 N–H and O–H groups in total. The second-order valence-corrected chi connectivity index (χ2v) is 12.0. The monoisotopic (exact) mass is 637 g/mol. The first-order chi connectivity index (χ1) is 19.5. The maximum atomic E-state index is 13.7. The molecule has 0 aromatic heterocycles. The number of carbonyl (C=O) groups is 4. The van der Waals surface area contributed by atoms with Crippen LogP contribution in [0, 0.1) is 0 Å². The molecule has 0 bridgehead atoms. The number of methoxy groups -OCH3 is 2. The van der Waals surface area contributed by atoms with Crippen LogP contribution in [0.4, 0.5) is 4.79 Å². The number of ether oxygens (including phenoxy) is 4. The van der Waals surface area contributed by atoms with Crippen molar-refractivity contribution in [2.45, 2.75) is 51.2 Å². The van der Waals surface area contributed by atoms with Crippen molar-refractivity contribution in [3.63, 3.8) is 0 Å². The Labute approximate surface area is 247 Å². The van der Waals surface area contributed by atoms with E-state index in [2.05, 4.69) is 10.6 Å².